The topological polar surface area (TPSA) is 91.1 Å². The van der Waals surface area contributed by atoms with Crippen molar-refractivity contribution in [1.82, 2.24) is 9.97 Å². The number of anilines is 1. The molecule has 0 aliphatic carbocycles. The van der Waals surface area contributed by atoms with Crippen molar-refractivity contribution in [2.45, 2.75) is 27.2 Å². The Morgan fingerprint density at radius 2 is 1.91 bits per heavy atom. The molecular weight excluding hydrogens is 407 g/mol. The maximum atomic E-state index is 14.6. The van der Waals surface area contributed by atoms with Gasteiger partial charge in [0, 0.05) is 30.6 Å². The second-order valence-electron chi connectivity index (χ2n) is 8.21. The van der Waals surface area contributed by atoms with E-state index in [0.29, 0.717) is 30.2 Å². The summed E-state index contributed by atoms with van der Waals surface area (Å²) in [7, 11) is 0. The third kappa shape index (κ3) is 5.80. The first-order valence-electron chi connectivity index (χ1n) is 10.4. The Morgan fingerprint density at radius 3 is 2.59 bits per heavy atom. The van der Waals surface area contributed by atoms with Crippen LogP contribution in [0.5, 0.6) is 5.88 Å². The van der Waals surface area contributed by atoms with Gasteiger partial charge in [-0.1, -0.05) is 0 Å². The molecule has 2 aromatic heterocycles. The predicted octanol–water partition coefficient (Wildman–Crippen LogP) is 4.98. The first kappa shape index (κ1) is 23.2. The maximum absolute atomic E-state index is 14.6. The summed E-state index contributed by atoms with van der Waals surface area (Å²) in [5.74, 6) is 0.0264. The first-order valence-corrected chi connectivity index (χ1v) is 10.4. The fourth-order valence-corrected chi connectivity index (χ4v) is 3.24. The van der Waals surface area contributed by atoms with E-state index < -0.39 is 5.41 Å². The lowest BCUT2D eigenvalue weighted by Gasteiger charge is -2.17. The number of nitrogens with one attached hydrogen (secondary N) is 1. The van der Waals surface area contributed by atoms with E-state index in [1.165, 1.54) is 6.07 Å². The molecule has 0 spiro atoms. The number of aryl methyl sites for hydroxylation is 1. The number of aliphatic hydroxyl groups excluding tert-OH is 1. The second-order valence-corrected chi connectivity index (χ2v) is 8.21. The molecule has 0 radical (unpaired) electrons. The molecule has 0 unspecified atom stereocenters. The summed E-state index contributed by atoms with van der Waals surface area (Å²) < 4.78 is 20.2. The first-order chi connectivity index (χ1) is 15.3. The molecule has 0 amide bonds. The van der Waals surface area contributed by atoms with Gasteiger partial charge in [0.2, 0.25) is 5.88 Å². The fraction of sp³-hybridized carbons (Fsp3) is 0.320. The molecule has 32 heavy (non-hydrogen) atoms. The van der Waals surface area contributed by atoms with E-state index >= 15 is 0 Å². The molecule has 6 nitrogen and oxygen atoms in total. The van der Waals surface area contributed by atoms with E-state index in [2.05, 4.69) is 21.4 Å². The molecular formula is C25H27FN4O2. The Bertz CT molecular complexity index is 1110. The number of pyridine rings is 2. The summed E-state index contributed by atoms with van der Waals surface area (Å²) in [5, 5.41) is 21.5. The predicted molar refractivity (Wildman–Crippen MR) is 123 cm³/mol. The van der Waals surface area contributed by atoms with Crippen molar-refractivity contribution in [2.75, 3.05) is 25.1 Å². The van der Waals surface area contributed by atoms with Crippen LogP contribution in [-0.4, -0.2) is 34.8 Å². The molecule has 1 aromatic carbocycles. The number of nitrogens with zero attached hydrogens (tertiary/aromatic N) is 3. The smallest absolute Gasteiger partial charge is 0.214 e. The molecule has 0 aliphatic heterocycles. The second kappa shape index (κ2) is 10.2. The lowest BCUT2D eigenvalue weighted by Crippen LogP contribution is -2.15. The molecule has 2 heterocycles. The van der Waals surface area contributed by atoms with Crippen LogP contribution in [0.3, 0.4) is 0 Å². The van der Waals surface area contributed by atoms with Gasteiger partial charge < -0.3 is 15.2 Å². The van der Waals surface area contributed by atoms with Gasteiger partial charge in [0.15, 0.2) is 0 Å². The Hall–Kier alpha value is -3.50. The van der Waals surface area contributed by atoms with Gasteiger partial charge in [-0.05, 0) is 74.2 Å². The summed E-state index contributed by atoms with van der Waals surface area (Å²) in [4.78, 5) is 8.59. The minimum Gasteiger partial charge on any atom is -0.475 e. The number of benzene rings is 1. The Labute approximate surface area is 187 Å². The van der Waals surface area contributed by atoms with Crippen LogP contribution < -0.4 is 10.1 Å². The van der Waals surface area contributed by atoms with Crippen molar-refractivity contribution in [3.63, 3.8) is 0 Å². The van der Waals surface area contributed by atoms with Crippen molar-refractivity contribution in [3.05, 3.63) is 60.2 Å². The van der Waals surface area contributed by atoms with Gasteiger partial charge in [0.1, 0.15) is 12.4 Å². The van der Waals surface area contributed by atoms with Crippen molar-refractivity contribution in [1.29, 1.82) is 5.26 Å². The number of aromatic nitrogens is 2. The number of nitriles is 1. The largest absolute Gasteiger partial charge is 0.475 e. The highest BCUT2D eigenvalue weighted by Gasteiger charge is 2.17. The summed E-state index contributed by atoms with van der Waals surface area (Å²) >= 11 is 0. The van der Waals surface area contributed by atoms with Gasteiger partial charge in [-0.15, -0.1) is 0 Å². The molecule has 0 atom stereocenters. The van der Waals surface area contributed by atoms with Crippen molar-refractivity contribution >= 4 is 5.69 Å². The Morgan fingerprint density at radius 1 is 1.16 bits per heavy atom. The molecule has 0 bridgehead atoms. The van der Waals surface area contributed by atoms with Crippen LogP contribution in [0, 0.1) is 29.5 Å². The van der Waals surface area contributed by atoms with Gasteiger partial charge in [-0.3, -0.25) is 4.98 Å². The van der Waals surface area contributed by atoms with Crippen LogP contribution >= 0.6 is 0 Å². The van der Waals surface area contributed by atoms with Crippen molar-refractivity contribution < 1.29 is 14.2 Å². The highest BCUT2D eigenvalue weighted by atomic mass is 19.1. The van der Waals surface area contributed by atoms with Gasteiger partial charge in [-0.2, -0.15) is 5.26 Å². The van der Waals surface area contributed by atoms with Crippen LogP contribution in [-0.2, 0) is 0 Å². The number of ether oxygens (including phenoxy) is 1. The van der Waals surface area contributed by atoms with Crippen molar-refractivity contribution in [2.24, 2.45) is 5.41 Å². The molecule has 0 fully saturated rings. The molecule has 2 N–H and O–H groups in total. The van der Waals surface area contributed by atoms with E-state index in [-0.39, 0.29) is 19.0 Å². The van der Waals surface area contributed by atoms with E-state index in [0.717, 1.165) is 22.3 Å². The van der Waals surface area contributed by atoms with Crippen LogP contribution in [0.25, 0.3) is 22.4 Å². The molecule has 0 aliphatic rings. The number of hydrogen-bond donors (Lipinski definition) is 2. The van der Waals surface area contributed by atoms with Crippen molar-refractivity contribution in [3.8, 4) is 34.3 Å². The minimum atomic E-state index is -0.486. The zero-order valence-electron chi connectivity index (χ0n) is 18.5. The van der Waals surface area contributed by atoms with Crippen LogP contribution in [0.15, 0.2) is 48.8 Å². The number of rotatable bonds is 9. The summed E-state index contributed by atoms with van der Waals surface area (Å²) in [6.07, 6.45) is 3.96. The average Bonchev–Trinajstić information content (AvgIpc) is 2.79. The molecule has 3 rings (SSSR count). The number of aliphatic hydroxyl groups is 1. The lowest BCUT2D eigenvalue weighted by molar-refractivity contribution is 0.197. The van der Waals surface area contributed by atoms with Gasteiger partial charge in [0.05, 0.1) is 29.5 Å². The highest BCUT2D eigenvalue weighted by molar-refractivity contribution is 5.76. The van der Waals surface area contributed by atoms with Crippen LogP contribution in [0.2, 0.25) is 0 Å². The van der Waals surface area contributed by atoms with Crippen LogP contribution in [0.4, 0.5) is 10.1 Å². The average molecular weight is 435 g/mol. The number of hydrogen-bond acceptors (Lipinski definition) is 6. The highest BCUT2D eigenvalue weighted by Crippen LogP contribution is 2.33. The zero-order valence-corrected chi connectivity index (χ0v) is 18.5. The summed E-state index contributed by atoms with van der Waals surface area (Å²) in [6, 6.07) is 12.9. The Kier molecular flexibility index (Phi) is 7.39. The zero-order chi connectivity index (χ0) is 23.1. The molecule has 0 saturated carbocycles. The lowest BCUT2D eigenvalue weighted by atomic mass is 9.91. The van der Waals surface area contributed by atoms with Gasteiger partial charge in [0.25, 0.3) is 0 Å². The van der Waals surface area contributed by atoms with E-state index in [4.69, 9.17) is 9.84 Å². The third-order valence-electron chi connectivity index (χ3n) is 5.11. The third-order valence-corrected chi connectivity index (χ3v) is 5.11. The SMILES string of the molecule is Cc1cc(F)c(NCCC(C)(C)C#N)cc1-c1cc(OCCO)nc(-c2ccncc2)c1. The van der Waals surface area contributed by atoms with Gasteiger partial charge >= 0.3 is 0 Å². The normalized spacial score (nSPS) is 11.1. The molecule has 0 saturated heterocycles. The van der Waals surface area contributed by atoms with E-state index in [9.17, 15) is 9.65 Å². The maximum Gasteiger partial charge on any atom is 0.214 e. The standard InChI is InChI=1S/C25H27FN4O2/c1-17-12-21(26)23(29-9-6-25(2,3)16-27)15-20(17)19-13-22(18-4-7-28-8-5-18)30-24(14-19)32-11-10-31/h4-5,7-8,12-15,29,31H,6,9-11H2,1-3H3. The van der Waals surface area contributed by atoms with E-state index in [1.807, 2.05) is 39.0 Å². The Balaban J connectivity index is 1.99. The molecule has 7 heteroatoms. The number of halogens is 1. The molecule has 3 aromatic rings. The van der Waals surface area contributed by atoms with Crippen LogP contribution in [0.1, 0.15) is 25.8 Å². The quantitative estimate of drug-likeness (QED) is 0.494. The minimum absolute atomic E-state index is 0.121. The van der Waals surface area contributed by atoms with Gasteiger partial charge in [-0.25, -0.2) is 9.37 Å². The summed E-state index contributed by atoms with van der Waals surface area (Å²) in [5.41, 5.74) is 3.86. The fourth-order valence-electron chi connectivity index (χ4n) is 3.24. The van der Waals surface area contributed by atoms with E-state index in [1.54, 1.807) is 24.5 Å². The molecule has 166 valence electrons. The monoisotopic (exact) mass is 434 g/mol. The summed E-state index contributed by atoms with van der Waals surface area (Å²) in [6.45, 7) is 6.04.